The van der Waals surface area contributed by atoms with Gasteiger partial charge in [0.2, 0.25) is 11.8 Å². The minimum atomic E-state index is -0.933. The van der Waals surface area contributed by atoms with Gasteiger partial charge in [0.05, 0.1) is 18.0 Å². The molecule has 1 unspecified atom stereocenters. The lowest BCUT2D eigenvalue weighted by Crippen LogP contribution is -2.48. The van der Waals surface area contributed by atoms with Gasteiger partial charge in [-0.25, -0.2) is 4.79 Å². The van der Waals surface area contributed by atoms with Gasteiger partial charge in [-0.2, -0.15) is 0 Å². The number of ether oxygens (including phenoxy) is 1. The number of nitrogens with zero attached hydrogens (tertiary/aromatic N) is 3. The van der Waals surface area contributed by atoms with E-state index in [2.05, 4.69) is 25.2 Å². The van der Waals surface area contributed by atoms with Crippen LogP contribution in [0.5, 0.6) is 11.6 Å². The van der Waals surface area contributed by atoms with Crippen LogP contribution in [0.15, 0.2) is 59.4 Å². The monoisotopic (exact) mass is 544 g/mol. The number of aromatic hydroxyl groups is 1. The van der Waals surface area contributed by atoms with Crippen LogP contribution in [-0.4, -0.2) is 74.9 Å². The van der Waals surface area contributed by atoms with Crippen molar-refractivity contribution in [2.24, 2.45) is 0 Å². The summed E-state index contributed by atoms with van der Waals surface area (Å²) in [4.78, 5) is 51.1. The molecule has 4 aromatic rings. The number of fused-ring (bicyclic) bond motifs is 1. The molecular weight excluding hydrogens is 512 g/mol. The highest BCUT2D eigenvalue weighted by molar-refractivity contribution is 5.95. The van der Waals surface area contributed by atoms with Crippen molar-refractivity contribution in [1.29, 1.82) is 0 Å². The number of amides is 2. The molecule has 40 heavy (non-hydrogen) atoms. The van der Waals surface area contributed by atoms with Crippen LogP contribution in [0, 0.1) is 6.92 Å². The molecule has 0 aliphatic carbocycles. The SMILES string of the molecule is Cc1cc(COc2ccc(C(=O)NC(CC(=O)N3CCN(C)CC3)c3[nH]c(=O)[nH]c3O)cc2)c2ccccc2n1. The van der Waals surface area contributed by atoms with Crippen molar-refractivity contribution < 1.29 is 19.4 Å². The van der Waals surface area contributed by atoms with Crippen LogP contribution < -0.4 is 15.7 Å². The van der Waals surface area contributed by atoms with Gasteiger partial charge in [-0.15, -0.1) is 0 Å². The Morgan fingerprint density at radius 2 is 1.80 bits per heavy atom. The molecule has 5 rings (SSSR count). The largest absolute Gasteiger partial charge is 0.493 e. The van der Waals surface area contributed by atoms with Crippen molar-refractivity contribution in [3.63, 3.8) is 0 Å². The van der Waals surface area contributed by atoms with Gasteiger partial charge in [0.15, 0.2) is 0 Å². The van der Waals surface area contributed by atoms with Crippen LogP contribution in [0.3, 0.4) is 0 Å². The van der Waals surface area contributed by atoms with E-state index in [1.165, 1.54) is 0 Å². The number of carbonyl (C=O) groups excluding carboxylic acids is 2. The zero-order chi connectivity index (χ0) is 28.2. The van der Waals surface area contributed by atoms with Crippen LogP contribution in [0.25, 0.3) is 10.9 Å². The fourth-order valence-corrected chi connectivity index (χ4v) is 4.84. The molecule has 2 amide bonds. The highest BCUT2D eigenvalue weighted by Crippen LogP contribution is 2.24. The van der Waals surface area contributed by atoms with E-state index >= 15 is 0 Å². The first-order valence-corrected chi connectivity index (χ1v) is 13.1. The van der Waals surface area contributed by atoms with Gasteiger partial charge in [0, 0.05) is 48.4 Å². The van der Waals surface area contributed by atoms with Gasteiger partial charge in [-0.3, -0.25) is 19.6 Å². The van der Waals surface area contributed by atoms with E-state index in [9.17, 15) is 19.5 Å². The Balaban J connectivity index is 1.27. The second kappa shape index (κ2) is 11.6. The standard InChI is InChI=1S/C29H32N6O5/c1-18-15-20(22-5-3-4-6-23(22)30-18)17-40-21-9-7-19(8-10-21)27(37)31-24(26-28(38)33-29(39)32-26)16-25(36)35-13-11-34(2)12-14-35/h3-10,15,24,38H,11-14,16-17H2,1-2H3,(H,31,37)(H2,32,33,39). The van der Waals surface area contributed by atoms with Crippen molar-refractivity contribution in [1.82, 2.24) is 30.1 Å². The quantitative estimate of drug-likeness (QED) is 0.267. The first kappa shape index (κ1) is 26.9. The minimum absolute atomic E-state index is 0.0562. The van der Waals surface area contributed by atoms with Gasteiger partial charge < -0.3 is 29.9 Å². The van der Waals surface area contributed by atoms with Gasteiger partial charge in [-0.1, -0.05) is 18.2 Å². The first-order valence-electron chi connectivity index (χ1n) is 13.1. The number of likely N-dealkylation sites (N-methyl/N-ethyl adjacent to an activating group) is 1. The van der Waals surface area contributed by atoms with Crippen LogP contribution in [0.4, 0.5) is 0 Å². The van der Waals surface area contributed by atoms with E-state index in [1.54, 1.807) is 29.2 Å². The number of rotatable bonds is 8. The molecule has 1 saturated heterocycles. The molecule has 3 heterocycles. The van der Waals surface area contributed by atoms with E-state index < -0.39 is 23.5 Å². The third-order valence-corrected chi connectivity index (χ3v) is 7.06. The Kier molecular flexibility index (Phi) is 7.83. The van der Waals surface area contributed by atoms with E-state index in [0.717, 1.165) is 35.2 Å². The zero-order valence-corrected chi connectivity index (χ0v) is 22.4. The number of aromatic nitrogens is 3. The number of carbonyl (C=O) groups is 2. The van der Waals surface area contributed by atoms with Crippen molar-refractivity contribution in [2.45, 2.75) is 26.0 Å². The number of hydrogen-bond acceptors (Lipinski definition) is 7. The topological polar surface area (TPSA) is 144 Å². The van der Waals surface area contributed by atoms with Crippen molar-refractivity contribution in [2.75, 3.05) is 33.2 Å². The van der Waals surface area contributed by atoms with E-state index in [0.29, 0.717) is 31.0 Å². The number of pyridine rings is 1. The summed E-state index contributed by atoms with van der Waals surface area (Å²) >= 11 is 0. The van der Waals surface area contributed by atoms with Gasteiger partial charge >= 0.3 is 5.69 Å². The normalized spacial score (nSPS) is 14.7. The van der Waals surface area contributed by atoms with Gasteiger partial charge in [-0.05, 0) is 50.4 Å². The summed E-state index contributed by atoms with van der Waals surface area (Å²) in [6, 6.07) is 15.6. The lowest BCUT2D eigenvalue weighted by atomic mass is 10.1. The highest BCUT2D eigenvalue weighted by Gasteiger charge is 2.28. The summed E-state index contributed by atoms with van der Waals surface area (Å²) < 4.78 is 6.00. The third-order valence-electron chi connectivity index (χ3n) is 7.06. The molecule has 1 aliphatic rings. The third kappa shape index (κ3) is 6.15. The van der Waals surface area contributed by atoms with E-state index in [-0.39, 0.29) is 18.0 Å². The maximum atomic E-state index is 13.1. The summed E-state index contributed by atoms with van der Waals surface area (Å²) in [5, 5.41) is 14.0. The number of para-hydroxylation sites is 1. The molecule has 1 aliphatic heterocycles. The number of aryl methyl sites for hydroxylation is 1. The van der Waals surface area contributed by atoms with E-state index in [4.69, 9.17) is 4.74 Å². The molecule has 1 fully saturated rings. The fraction of sp³-hybridized carbons (Fsp3) is 0.310. The average Bonchev–Trinajstić information content (AvgIpc) is 3.29. The molecule has 2 aromatic heterocycles. The Morgan fingerprint density at radius 1 is 1.07 bits per heavy atom. The van der Waals surface area contributed by atoms with Crippen LogP contribution in [0.2, 0.25) is 0 Å². The second-order valence-corrected chi connectivity index (χ2v) is 10.0. The average molecular weight is 545 g/mol. The van der Waals surface area contributed by atoms with Crippen molar-refractivity contribution in [3.05, 3.63) is 87.6 Å². The number of piperazine rings is 1. The van der Waals surface area contributed by atoms with Crippen LogP contribution in [0.1, 0.15) is 39.8 Å². The molecule has 0 radical (unpaired) electrons. The number of nitrogens with one attached hydrogen (secondary N) is 3. The summed E-state index contributed by atoms with van der Waals surface area (Å²) in [6.07, 6.45) is -0.114. The molecule has 208 valence electrons. The molecule has 2 aromatic carbocycles. The number of imidazole rings is 1. The maximum Gasteiger partial charge on any atom is 0.326 e. The summed E-state index contributed by atoms with van der Waals surface area (Å²) in [6.45, 7) is 4.93. The van der Waals surface area contributed by atoms with Gasteiger partial charge in [0.1, 0.15) is 18.1 Å². The summed E-state index contributed by atoms with van der Waals surface area (Å²) in [5.41, 5.74) is 2.59. The molecule has 11 nitrogen and oxygen atoms in total. The van der Waals surface area contributed by atoms with Gasteiger partial charge in [0.25, 0.3) is 5.91 Å². The lowest BCUT2D eigenvalue weighted by Gasteiger charge is -2.33. The second-order valence-electron chi connectivity index (χ2n) is 10.0. The molecule has 0 spiro atoms. The van der Waals surface area contributed by atoms with Crippen molar-refractivity contribution >= 4 is 22.7 Å². The molecule has 11 heteroatoms. The predicted molar refractivity (Wildman–Crippen MR) is 149 cm³/mol. The Hall–Kier alpha value is -4.64. The Labute approximate surface area is 230 Å². The fourth-order valence-electron chi connectivity index (χ4n) is 4.84. The highest BCUT2D eigenvalue weighted by atomic mass is 16.5. The number of aromatic amines is 2. The van der Waals surface area contributed by atoms with Crippen molar-refractivity contribution in [3.8, 4) is 11.6 Å². The Morgan fingerprint density at radius 3 is 2.50 bits per heavy atom. The minimum Gasteiger partial charge on any atom is -0.493 e. The number of hydrogen-bond donors (Lipinski definition) is 4. The maximum absolute atomic E-state index is 13.1. The predicted octanol–water partition coefficient (Wildman–Crippen LogP) is 2.48. The summed E-state index contributed by atoms with van der Waals surface area (Å²) in [5.74, 6) is -0.462. The molecule has 4 N–H and O–H groups in total. The molecule has 1 atom stereocenters. The molecule has 0 saturated carbocycles. The Bertz CT molecular complexity index is 1570. The summed E-state index contributed by atoms with van der Waals surface area (Å²) in [7, 11) is 1.99. The van der Waals surface area contributed by atoms with Crippen LogP contribution >= 0.6 is 0 Å². The number of H-pyrrole nitrogens is 2. The smallest absolute Gasteiger partial charge is 0.326 e. The molecular formula is C29H32N6O5. The van der Waals surface area contributed by atoms with E-state index in [1.807, 2.05) is 44.3 Å². The zero-order valence-electron chi connectivity index (χ0n) is 22.4. The number of benzene rings is 2. The van der Waals surface area contributed by atoms with Crippen LogP contribution in [-0.2, 0) is 11.4 Å². The lowest BCUT2D eigenvalue weighted by molar-refractivity contribution is -0.133. The first-order chi connectivity index (χ1) is 19.3. The molecule has 0 bridgehead atoms.